The third kappa shape index (κ3) is 4.60. The quantitative estimate of drug-likeness (QED) is 0.807. The van der Waals surface area contributed by atoms with Gasteiger partial charge in [-0.3, -0.25) is 0 Å². The van der Waals surface area contributed by atoms with Crippen molar-refractivity contribution in [3.63, 3.8) is 0 Å². The average molecular weight is 284 g/mol. The summed E-state index contributed by atoms with van der Waals surface area (Å²) >= 11 is 0. The van der Waals surface area contributed by atoms with Crippen molar-refractivity contribution in [3.05, 3.63) is 34.4 Å². The van der Waals surface area contributed by atoms with Crippen LogP contribution in [0.2, 0.25) is 0 Å². The molecular formula is C14H24N2O2S. The first-order chi connectivity index (χ1) is 8.74. The molecule has 0 aromatic heterocycles. The lowest BCUT2D eigenvalue weighted by Gasteiger charge is -2.14. The molecule has 19 heavy (non-hydrogen) atoms. The fourth-order valence-electron chi connectivity index (χ4n) is 2.09. The van der Waals surface area contributed by atoms with E-state index in [2.05, 4.69) is 38.2 Å². The number of aryl methyl sites for hydroxylation is 3. The normalized spacial score (nSPS) is 12.1. The summed E-state index contributed by atoms with van der Waals surface area (Å²) in [5.74, 6) is 0.129. The highest BCUT2D eigenvalue weighted by Crippen LogP contribution is 2.15. The van der Waals surface area contributed by atoms with Gasteiger partial charge < -0.3 is 5.32 Å². The molecule has 0 spiro atoms. The number of nitrogens with zero attached hydrogens (tertiary/aromatic N) is 1. The summed E-state index contributed by atoms with van der Waals surface area (Å²) in [5.41, 5.74) is 5.02. The van der Waals surface area contributed by atoms with Gasteiger partial charge in [0.15, 0.2) is 0 Å². The molecule has 4 nitrogen and oxygen atoms in total. The van der Waals surface area contributed by atoms with Gasteiger partial charge in [-0.05, 0) is 37.5 Å². The number of sulfonamides is 1. The Balaban J connectivity index is 2.56. The van der Waals surface area contributed by atoms with Gasteiger partial charge in [-0.15, -0.1) is 0 Å². The Labute approximate surface area is 116 Å². The van der Waals surface area contributed by atoms with Crippen molar-refractivity contribution in [1.29, 1.82) is 0 Å². The molecule has 0 atom stereocenters. The van der Waals surface area contributed by atoms with Crippen LogP contribution in [0.15, 0.2) is 12.1 Å². The van der Waals surface area contributed by atoms with Gasteiger partial charge in [0.1, 0.15) is 0 Å². The lowest BCUT2D eigenvalue weighted by Crippen LogP contribution is -2.31. The molecule has 0 saturated carbocycles. The first-order valence-electron chi connectivity index (χ1n) is 6.41. The minimum Gasteiger partial charge on any atom is -0.312 e. The minimum atomic E-state index is -3.11. The van der Waals surface area contributed by atoms with E-state index in [0.717, 1.165) is 0 Å². The van der Waals surface area contributed by atoms with Crippen LogP contribution in [-0.4, -0.2) is 39.1 Å². The lowest BCUT2D eigenvalue weighted by atomic mass is 10.00. The Morgan fingerprint density at radius 2 is 1.63 bits per heavy atom. The van der Waals surface area contributed by atoms with Gasteiger partial charge in [0.2, 0.25) is 10.0 Å². The highest BCUT2D eigenvalue weighted by Gasteiger charge is 2.12. The average Bonchev–Trinajstić information content (AvgIpc) is 2.26. The Morgan fingerprint density at radius 3 is 2.11 bits per heavy atom. The van der Waals surface area contributed by atoms with Crippen LogP contribution in [0.5, 0.6) is 0 Å². The largest absolute Gasteiger partial charge is 0.312 e. The molecule has 0 heterocycles. The van der Waals surface area contributed by atoms with E-state index in [9.17, 15) is 8.42 Å². The van der Waals surface area contributed by atoms with Crippen molar-refractivity contribution in [2.24, 2.45) is 0 Å². The molecule has 5 heteroatoms. The Morgan fingerprint density at radius 1 is 1.11 bits per heavy atom. The topological polar surface area (TPSA) is 49.4 Å². The van der Waals surface area contributed by atoms with Crippen LogP contribution in [0.25, 0.3) is 0 Å². The first-order valence-corrected chi connectivity index (χ1v) is 8.02. The molecular weight excluding hydrogens is 260 g/mol. The van der Waals surface area contributed by atoms with Gasteiger partial charge in [-0.1, -0.05) is 17.7 Å². The fraction of sp³-hybridized carbons (Fsp3) is 0.571. The van der Waals surface area contributed by atoms with E-state index < -0.39 is 10.0 Å². The van der Waals surface area contributed by atoms with Crippen molar-refractivity contribution in [2.75, 3.05) is 26.4 Å². The molecule has 0 aliphatic heterocycles. The zero-order chi connectivity index (χ0) is 14.6. The van der Waals surface area contributed by atoms with Crippen LogP contribution in [0.4, 0.5) is 0 Å². The van der Waals surface area contributed by atoms with Crippen LogP contribution in [0.1, 0.15) is 22.3 Å². The van der Waals surface area contributed by atoms with Crippen molar-refractivity contribution in [2.45, 2.75) is 27.3 Å². The third-order valence-corrected chi connectivity index (χ3v) is 5.07. The summed E-state index contributed by atoms with van der Waals surface area (Å²) in [7, 11) is 0.00950. The molecule has 0 fully saturated rings. The first kappa shape index (κ1) is 16.1. The second-order valence-corrected chi connectivity index (χ2v) is 7.45. The van der Waals surface area contributed by atoms with Crippen molar-refractivity contribution >= 4 is 10.0 Å². The van der Waals surface area contributed by atoms with Gasteiger partial charge in [0.05, 0.1) is 5.75 Å². The van der Waals surface area contributed by atoms with Gasteiger partial charge >= 0.3 is 0 Å². The van der Waals surface area contributed by atoms with E-state index in [4.69, 9.17) is 0 Å². The van der Waals surface area contributed by atoms with Crippen molar-refractivity contribution < 1.29 is 8.42 Å². The SMILES string of the molecule is Cc1cc(C)c(CNCCS(=O)(=O)N(C)C)c(C)c1. The van der Waals surface area contributed by atoms with Crippen molar-refractivity contribution in [1.82, 2.24) is 9.62 Å². The Kier molecular flexibility index (Phi) is 5.52. The summed E-state index contributed by atoms with van der Waals surface area (Å²) in [6, 6.07) is 4.31. The predicted molar refractivity (Wildman–Crippen MR) is 79.8 cm³/mol. The standard InChI is InChI=1S/C14H24N2O2S/c1-11-8-12(2)14(13(3)9-11)10-15-6-7-19(17,18)16(4)5/h8-9,15H,6-7,10H2,1-5H3. The number of hydrogen-bond acceptors (Lipinski definition) is 3. The van der Waals surface area contributed by atoms with Gasteiger partial charge in [0.25, 0.3) is 0 Å². The van der Waals surface area contributed by atoms with E-state index in [1.807, 2.05) is 0 Å². The summed E-state index contributed by atoms with van der Waals surface area (Å²) < 4.78 is 24.5. The molecule has 0 unspecified atom stereocenters. The predicted octanol–water partition coefficient (Wildman–Crippen LogP) is 1.59. The molecule has 0 bridgehead atoms. The number of nitrogens with one attached hydrogen (secondary N) is 1. The second kappa shape index (κ2) is 6.50. The van der Waals surface area contributed by atoms with E-state index >= 15 is 0 Å². The molecule has 0 amide bonds. The summed E-state index contributed by atoms with van der Waals surface area (Å²) in [5, 5.41) is 3.21. The number of benzene rings is 1. The zero-order valence-electron chi connectivity index (χ0n) is 12.4. The summed E-state index contributed by atoms with van der Waals surface area (Å²) in [4.78, 5) is 0. The Hall–Kier alpha value is -0.910. The molecule has 1 aromatic rings. The Bertz CT molecular complexity index is 513. The smallest absolute Gasteiger partial charge is 0.214 e. The van der Waals surface area contributed by atoms with Crippen LogP contribution < -0.4 is 5.32 Å². The molecule has 0 aliphatic carbocycles. The van der Waals surface area contributed by atoms with Gasteiger partial charge in [-0.2, -0.15) is 0 Å². The lowest BCUT2D eigenvalue weighted by molar-refractivity contribution is 0.517. The zero-order valence-corrected chi connectivity index (χ0v) is 13.3. The molecule has 1 rings (SSSR count). The van der Waals surface area contributed by atoms with Crippen LogP contribution in [0, 0.1) is 20.8 Å². The highest BCUT2D eigenvalue weighted by atomic mass is 32.2. The van der Waals surface area contributed by atoms with E-state index in [-0.39, 0.29) is 5.75 Å². The number of hydrogen-bond donors (Lipinski definition) is 1. The van der Waals surface area contributed by atoms with Crippen LogP contribution >= 0.6 is 0 Å². The van der Waals surface area contributed by atoms with Gasteiger partial charge in [0, 0.05) is 27.2 Å². The van der Waals surface area contributed by atoms with Crippen LogP contribution in [0.3, 0.4) is 0 Å². The van der Waals surface area contributed by atoms with E-state index in [0.29, 0.717) is 13.1 Å². The molecule has 1 N–H and O–H groups in total. The van der Waals surface area contributed by atoms with E-state index in [1.54, 1.807) is 14.1 Å². The summed E-state index contributed by atoms with van der Waals surface area (Å²) in [6.07, 6.45) is 0. The van der Waals surface area contributed by atoms with Gasteiger partial charge in [-0.25, -0.2) is 12.7 Å². The van der Waals surface area contributed by atoms with Crippen LogP contribution in [-0.2, 0) is 16.6 Å². The third-order valence-electron chi connectivity index (χ3n) is 3.24. The summed E-state index contributed by atoms with van der Waals surface area (Å²) in [6.45, 7) is 7.44. The monoisotopic (exact) mass is 284 g/mol. The minimum absolute atomic E-state index is 0.129. The second-order valence-electron chi connectivity index (χ2n) is 5.15. The van der Waals surface area contributed by atoms with E-state index in [1.165, 1.54) is 26.6 Å². The highest BCUT2D eigenvalue weighted by molar-refractivity contribution is 7.89. The number of rotatable bonds is 6. The molecule has 0 saturated heterocycles. The fourth-order valence-corrected chi connectivity index (χ4v) is 2.85. The molecule has 0 aliphatic rings. The molecule has 1 aromatic carbocycles. The maximum Gasteiger partial charge on any atom is 0.214 e. The maximum absolute atomic E-state index is 11.6. The maximum atomic E-state index is 11.6. The van der Waals surface area contributed by atoms with Crippen molar-refractivity contribution in [3.8, 4) is 0 Å². The molecule has 0 radical (unpaired) electrons. The molecule has 108 valence electrons.